The van der Waals surface area contributed by atoms with Crippen LogP contribution in [0.1, 0.15) is 25.3 Å². The van der Waals surface area contributed by atoms with Crippen LogP contribution in [0.3, 0.4) is 0 Å². The van der Waals surface area contributed by atoms with Gasteiger partial charge in [0.2, 0.25) is 0 Å². The molecule has 2 aromatic carbocycles. The van der Waals surface area contributed by atoms with E-state index in [1.54, 1.807) is 19.9 Å². The van der Waals surface area contributed by atoms with Gasteiger partial charge in [0.25, 0.3) is 0 Å². The maximum Gasteiger partial charge on any atom is 0.334 e. The third kappa shape index (κ3) is 2.44. The Kier molecular flexibility index (Phi) is 3.85. The standard InChI is InChI=1S/C19H17NO4/c1-10-15(18(21)22)17(16(19(23)24)11(2)20-10)14-9-5-7-12-6-3-4-8-13(12)14/h3-9,17,20H,1-2H3,(H,21,22)(H,23,24). The lowest BCUT2D eigenvalue weighted by Crippen LogP contribution is -2.31. The zero-order chi connectivity index (χ0) is 17.4. The van der Waals surface area contributed by atoms with Crippen LogP contribution in [-0.2, 0) is 9.59 Å². The summed E-state index contributed by atoms with van der Waals surface area (Å²) in [6.45, 7) is 3.31. The molecular formula is C19H17NO4. The highest BCUT2D eigenvalue weighted by Crippen LogP contribution is 2.40. The number of hydrogen-bond donors (Lipinski definition) is 3. The predicted octanol–water partition coefficient (Wildman–Crippen LogP) is 3.24. The first-order chi connectivity index (χ1) is 11.4. The summed E-state index contributed by atoms with van der Waals surface area (Å²) in [6.07, 6.45) is 0. The predicted molar refractivity (Wildman–Crippen MR) is 90.5 cm³/mol. The Bertz CT molecular complexity index is 883. The molecule has 5 heteroatoms. The quantitative estimate of drug-likeness (QED) is 0.807. The molecule has 3 rings (SSSR count). The molecule has 1 aliphatic heterocycles. The van der Waals surface area contributed by atoms with Crippen LogP contribution in [0.15, 0.2) is 65.0 Å². The summed E-state index contributed by atoms with van der Waals surface area (Å²) in [7, 11) is 0. The van der Waals surface area contributed by atoms with E-state index in [1.807, 2.05) is 36.4 Å². The average Bonchev–Trinajstić information content (AvgIpc) is 2.52. The summed E-state index contributed by atoms with van der Waals surface area (Å²) in [6, 6.07) is 13.1. The van der Waals surface area contributed by atoms with Gasteiger partial charge in [0, 0.05) is 11.4 Å². The van der Waals surface area contributed by atoms with Gasteiger partial charge in [-0.05, 0) is 30.2 Å². The van der Waals surface area contributed by atoms with Gasteiger partial charge in [-0.2, -0.15) is 0 Å². The minimum Gasteiger partial charge on any atom is -0.478 e. The monoisotopic (exact) mass is 323 g/mol. The summed E-state index contributed by atoms with van der Waals surface area (Å²) in [5.74, 6) is -3.07. The number of fused-ring (bicyclic) bond motifs is 1. The van der Waals surface area contributed by atoms with E-state index in [9.17, 15) is 19.8 Å². The van der Waals surface area contributed by atoms with Crippen LogP contribution < -0.4 is 5.32 Å². The van der Waals surface area contributed by atoms with Crippen molar-refractivity contribution in [1.29, 1.82) is 0 Å². The van der Waals surface area contributed by atoms with E-state index in [4.69, 9.17) is 0 Å². The van der Waals surface area contributed by atoms with E-state index in [0.717, 1.165) is 10.8 Å². The third-order valence-electron chi connectivity index (χ3n) is 4.36. The van der Waals surface area contributed by atoms with Gasteiger partial charge in [0.15, 0.2) is 0 Å². The van der Waals surface area contributed by atoms with Crippen molar-refractivity contribution in [1.82, 2.24) is 5.32 Å². The van der Waals surface area contributed by atoms with Crippen molar-refractivity contribution in [2.24, 2.45) is 0 Å². The molecule has 0 radical (unpaired) electrons. The Balaban J connectivity index is 2.35. The highest BCUT2D eigenvalue weighted by Gasteiger charge is 2.37. The van der Waals surface area contributed by atoms with Crippen LogP contribution in [0.4, 0.5) is 0 Å². The molecule has 5 nitrogen and oxygen atoms in total. The fraction of sp³-hybridized carbons (Fsp3) is 0.158. The molecule has 0 fully saturated rings. The fourth-order valence-electron chi connectivity index (χ4n) is 3.37. The van der Waals surface area contributed by atoms with Gasteiger partial charge in [-0.3, -0.25) is 0 Å². The Morgan fingerprint density at radius 1 is 0.875 bits per heavy atom. The number of nitrogens with one attached hydrogen (secondary N) is 1. The van der Waals surface area contributed by atoms with Crippen molar-refractivity contribution < 1.29 is 19.8 Å². The zero-order valence-corrected chi connectivity index (χ0v) is 13.3. The Labute approximate surface area is 138 Å². The number of allylic oxidation sites excluding steroid dienone is 2. The van der Waals surface area contributed by atoms with Gasteiger partial charge in [-0.25, -0.2) is 9.59 Å². The smallest absolute Gasteiger partial charge is 0.334 e. The molecule has 0 unspecified atom stereocenters. The van der Waals surface area contributed by atoms with Crippen LogP contribution in [-0.4, -0.2) is 22.2 Å². The van der Waals surface area contributed by atoms with Crippen LogP contribution >= 0.6 is 0 Å². The maximum atomic E-state index is 11.8. The van der Waals surface area contributed by atoms with Crippen molar-refractivity contribution in [3.63, 3.8) is 0 Å². The molecule has 0 aliphatic carbocycles. The first-order valence-electron chi connectivity index (χ1n) is 7.54. The molecule has 1 heterocycles. The molecule has 0 spiro atoms. The molecule has 0 aromatic heterocycles. The SMILES string of the molecule is CC1=C(C(=O)O)C(c2cccc3ccccc23)C(C(=O)O)=C(C)N1. The second-order valence-electron chi connectivity index (χ2n) is 5.81. The van der Waals surface area contributed by atoms with Crippen molar-refractivity contribution in [3.8, 4) is 0 Å². The normalized spacial score (nSPS) is 15.6. The minimum atomic E-state index is -1.12. The maximum absolute atomic E-state index is 11.8. The fourth-order valence-corrected chi connectivity index (χ4v) is 3.37. The second kappa shape index (κ2) is 5.85. The van der Waals surface area contributed by atoms with Crippen molar-refractivity contribution >= 4 is 22.7 Å². The Morgan fingerprint density at radius 3 is 2.00 bits per heavy atom. The van der Waals surface area contributed by atoms with Gasteiger partial charge in [0.05, 0.1) is 17.1 Å². The number of carbonyl (C=O) groups is 2. The van der Waals surface area contributed by atoms with Gasteiger partial charge >= 0.3 is 11.9 Å². The summed E-state index contributed by atoms with van der Waals surface area (Å²) >= 11 is 0. The first kappa shape index (κ1) is 15.8. The van der Waals surface area contributed by atoms with Crippen LogP contribution in [0.25, 0.3) is 10.8 Å². The van der Waals surface area contributed by atoms with E-state index in [-0.39, 0.29) is 11.1 Å². The lowest BCUT2D eigenvalue weighted by Gasteiger charge is -2.29. The average molecular weight is 323 g/mol. The molecular weight excluding hydrogens is 306 g/mol. The molecule has 0 bridgehead atoms. The lowest BCUT2D eigenvalue weighted by molar-refractivity contribution is -0.133. The van der Waals surface area contributed by atoms with E-state index in [1.165, 1.54) is 0 Å². The molecule has 1 aliphatic rings. The van der Waals surface area contributed by atoms with Crippen LogP contribution in [0.5, 0.6) is 0 Å². The van der Waals surface area contributed by atoms with E-state index < -0.39 is 17.9 Å². The number of carboxylic acids is 2. The van der Waals surface area contributed by atoms with Gasteiger partial charge in [0.1, 0.15) is 0 Å². The number of benzene rings is 2. The zero-order valence-electron chi connectivity index (χ0n) is 13.3. The van der Waals surface area contributed by atoms with Crippen molar-refractivity contribution in [3.05, 3.63) is 70.6 Å². The summed E-state index contributed by atoms with van der Waals surface area (Å²) in [4.78, 5) is 23.7. The second-order valence-corrected chi connectivity index (χ2v) is 5.81. The lowest BCUT2D eigenvalue weighted by atomic mass is 9.79. The third-order valence-corrected chi connectivity index (χ3v) is 4.36. The van der Waals surface area contributed by atoms with E-state index >= 15 is 0 Å². The van der Waals surface area contributed by atoms with Crippen LogP contribution in [0.2, 0.25) is 0 Å². The topological polar surface area (TPSA) is 86.6 Å². The Hall–Kier alpha value is -3.08. The number of rotatable bonds is 3. The van der Waals surface area contributed by atoms with Crippen LogP contribution in [0, 0.1) is 0 Å². The van der Waals surface area contributed by atoms with Crippen molar-refractivity contribution in [2.45, 2.75) is 19.8 Å². The van der Waals surface area contributed by atoms with Gasteiger partial charge in [-0.15, -0.1) is 0 Å². The number of aliphatic carboxylic acids is 2. The largest absolute Gasteiger partial charge is 0.478 e. The summed E-state index contributed by atoms with van der Waals surface area (Å²) < 4.78 is 0. The molecule has 122 valence electrons. The van der Waals surface area contributed by atoms with Crippen molar-refractivity contribution in [2.75, 3.05) is 0 Å². The van der Waals surface area contributed by atoms with E-state index in [2.05, 4.69) is 5.32 Å². The highest BCUT2D eigenvalue weighted by molar-refractivity contribution is 6.00. The molecule has 0 amide bonds. The minimum absolute atomic E-state index is 0.0642. The molecule has 3 N–H and O–H groups in total. The number of dihydropyridines is 1. The highest BCUT2D eigenvalue weighted by atomic mass is 16.4. The molecule has 0 atom stereocenters. The number of carboxylic acid groups (broad SMARTS) is 2. The van der Waals surface area contributed by atoms with Gasteiger partial charge < -0.3 is 15.5 Å². The van der Waals surface area contributed by atoms with Gasteiger partial charge in [-0.1, -0.05) is 42.5 Å². The Morgan fingerprint density at radius 2 is 1.42 bits per heavy atom. The molecule has 0 saturated heterocycles. The molecule has 2 aromatic rings. The first-order valence-corrected chi connectivity index (χ1v) is 7.54. The number of hydrogen-bond acceptors (Lipinski definition) is 3. The summed E-state index contributed by atoms with van der Waals surface area (Å²) in [5.41, 5.74) is 1.73. The summed E-state index contributed by atoms with van der Waals surface area (Å²) in [5, 5.41) is 24.1. The van der Waals surface area contributed by atoms with E-state index in [0.29, 0.717) is 17.0 Å². The molecule has 24 heavy (non-hydrogen) atoms. The molecule has 0 saturated carbocycles.